The number of Topliss-reactive ketones (excluding diaryl/α,β-unsaturated/α-hetero) is 1. The number of carbonyl (C=O) groups excluding carboxylic acids is 1. The average Bonchev–Trinajstić information content (AvgIpc) is 2.00. The van der Waals surface area contributed by atoms with E-state index in [2.05, 4.69) is 6.58 Å². The molecule has 7 heteroatoms. The highest BCUT2D eigenvalue weighted by atomic mass is 32.2. The molecular weight excluding hydrogens is 210 g/mol. The summed E-state index contributed by atoms with van der Waals surface area (Å²) in [5, 5.41) is 7.28. The van der Waals surface area contributed by atoms with Crippen molar-refractivity contribution < 1.29 is 22.9 Å². The third-order valence-electron chi connectivity index (χ3n) is 1.59. The van der Waals surface area contributed by atoms with Crippen LogP contribution in [0.5, 0.6) is 0 Å². The van der Waals surface area contributed by atoms with Crippen LogP contribution < -0.4 is 5.73 Å². The van der Waals surface area contributed by atoms with Crippen LogP contribution in [0.4, 0.5) is 0 Å². The molecular formula is C7H13NO5S. The summed E-state index contributed by atoms with van der Waals surface area (Å²) in [5.74, 6) is -0.503. The van der Waals surface area contributed by atoms with Gasteiger partial charge >= 0.3 is 0 Å². The molecule has 4 N–H and O–H groups in total. The molecule has 6 nitrogen and oxygen atoms in total. The summed E-state index contributed by atoms with van der Waals surface area (Å²) in [6.07, 6.45) is -2.11. The number of hydrogen-bond acceptors (Lipinski definition) is 5. The molecule has 0 fully saturated rings. The van der Waals surface area contributed by atoms with E-state index < -0.39 is 33.8 Å². The Kier molecular flexibility index (Phi) is 4.40. The Morgan fingerprint density at radius 3 is 2.29 bits per heavy atom. The molecule has 2 atom stereocenters. The third-order valence-corrected chi connectivity index (χ3v) is 2.60. The Morgan fingerprint density at radius 1 is 1.57 bits per heavy atom. The quantitative estimate of drug-likeness (QED) is 0.409. The Labute approximate surface area is 82.2 Å². The van der Waals surface area contributed by atoms with Gasteiger partial charge in [-0.15, -0.1) is 0 Å². The molecule has 0 bridgehead atoms. The zero-order chi connectivity index (χ0) is 11.5. The summed E-state index contributed by atoms with van der Waals surface area (Å²) in [5.41, 5.74) is 5.16. The van der Waals surface area contributed by atoms with E-state index >= 15 is 0 Å². The van der Waals surface area contributed by atoms with E-state index in [1.807, 2.05) is 0 Å². The minimum atomic E-state index is -4.53. The van der Waals surface area contributed by atoms with Gasteiger partial charge in [-0.1, -0.05) is 6.58 Å². The molecule has 0 saturated heterocycles. The molecule has 2 unspecified atom stereocenters. The maximum Gasteiger partial charge on any atom is 0.283 e. The first-order chi connectivity index (χ1) is 6.16. The highest BCUT2D eigenvalue weighted by Crippen LogP contribution is 2.06. The fraction of sp³-hybridized carbons (Fsp3) is 0.571. The van der Waals surface area contributed by atoms with Crippen LogP contribution in [0.1, 0.15) is 13.3 Å². The van der Waals surface area contributed by atoms with Gasteiger partial charge in [-0.05, 0) is 12.5 Å². The smallest absolute Gasteiger partial charge is 0.283 e. The second kappa shape index (κ2) is 4.65. The number of ketones is 1. The highest BCUT2D eigenvalue weighted by Gasteiger charge is 2.28. The lowest BCUT2D eigenvalue weighted by Gasteiger charge is -2.14. The van der Waals surface area contributed by atoms with Gasteiger partial charge in [0.2, 0.25) is 0 Å². The maximum atomic E-state index is 11.0. The largest absolute Gasteiger partial charge is 0.390 e. The molecule has 0 rings (SSSR count). The number of allylic oxidation sites excluding steroid dienone is 1. The molecule has 0 amide bonds. The lowest BCUT2D eigenvalue weighted by Crippen LogP contribution is -2.42. The average molecular weight is 223 g/mol. The van der Waals surface area contributed by atoms with Crippen LogP contribution in [-0.2, 0) is 14.9 Å². The van der Waals surface area contributed by atoms with Crippen molar-refractivity contribution in [3.63, 3.8) is 0 Å². The normalized spacial score (nSPS) is 16.0. The molecule has 0 aliphatic rings. The van der Waals surface area contributed by atoms with Crippen molar-refractivity contribution in [2.75, 3.05) is 0 Å². The van der Waals surface area contributed by atoms with E-state index in [9.17, 15) is 13.2 Å². The summed E-state index contributed by atoms with van der Waals surface area (Å²) >= 11 is 0. The topological polar surface area (TPSA) is 118 Å². The number of hydrogen-bond donors (Lipinski definition) is 3. The molecule has 0 aliphatic heterocycles. The summed E-state index contributed by atoms with van der Waals surface area (Å²) in [7, 11) is -4.53. The number of carbonyl (C=O) groups is 1. The molecule has 0 heterocycles. The van der Waals surface area contributed by atoms with Crippen molar-refractivity contribution in [3.05, 3.63) is 12.2 Å². The van der Waals surface area contributed by atoms with Gasteiger partial charge < -0.3 is 10.8 Å². The zero-order valence-corrected chi connectivity index (χ0v) is 8.49. The standard InChI is InChI=1S/C7H13NO5S/c1-4(2)5(9)3-6(10)7(8)14(11,12)13/h6-7,10H,1,3,8H2,2H3,(H,11,12,13). The van der Waals surface area contributed by atoms with Gasteiger partial charge in [-0.2, -0.15) is 8.42 Å². The molecule has 0 aliphatic carbocycles. The van der Waals surface area contributed by atoms with Crippen LogP contribution in [0, 0.1) is 0 Å². The summed E-state index contributed by atoms with van der Waals surface area (Å²) < 4.78 is 29.4. The maximum absolute atomic E-state index is 11.0. The minimum absolute atomic E-state index is 0.187. The fourth-order valence-corrected chi connectivity index (χ4v) is 1.17. The van der Waals surface area contributed by atoms with Gasteiger partial charge in [0.05, 0.1) is 6.10 Å². The van der Waals surface area contributed by atoms with Crippen molar-refractivity contribution in [2.45, 2.75) is 24.8 Å². The van der Waals surface area contributed by atoms with E-state index in [1.165, 1.54) is 6.92 Å². The first kappa shape index (κ1) is 13.2. The Hall–Kier alpha value is -0.760. The molecule has 0 spiro atoms. The van der Waals surface area contributed by atoms with E-state index in [0.717, 1.165) is 0 Å². The fourth-order valence-electron chi connectivity index (χ4n) is 0.679. The molecule has 0 aromatic carbocycles. The van der Waals surface area contributed by atoms with Gasteiger partial charge in [-0.25, -0.2) is 0 Å². The zero-order valence-electron chi connectivity index (χ0n) is 7.67. The molecule has 82 valence electrons. The van der Waals surface area contributed by atoms with Crippen molar-refractivity contribution in [2.24, 2.45) is 5.73 Å². The molecule has 0 aromatic rings. The monoisotopic (exact) mass is 223 g/mol. The highest BCUT2D eigenvalue weighted by molar-refractivity contribution is 7.86. The SMILES string of the molecule is C=C(C)C(=O)CC(O)C(N)S(=O)(=O)O. The Balaban J connectivity index is 4.44. The summed E-state index contributed by atoms with van der Waals surface area (Å²) in [4.78, 5) is 11.0. The van der Waals surface area contributed by atoms with Crippen LogP contribution >= 0.6 is 0 Å². The summed E-state index contributed by atoms with van der Waals surface area (Å²) in [6, 6.07) is 0. The van der Waals surface area contributed by atoms with Crippen LogP contribution in [0.2, 0.25) is 0 Å². The van der Waals surface area contributed by atoms with Gasteiger partial charge in [0.25, 0.3) is 10.1 Å². The first-order valence-electron chi connectivity index (χ1n) is 3.75. The van der Waals surface area contributed by atoms with E-state index in [0.29, 0.717) is 0 Å². The molecule has 0 radical (unpaired) electrons. The lowest BCUT2D eigenvalue weighted by atomic mass is 10.1. The van der Waals surface area contributed by atoms with E-state index in [-0.39, 0.29) is 5.57 Å². The number of aliphatic hydroxyl groups excluding tert-OH is 1. The lowest BCUT2D eigenvalue weighted by molar-refractivity contribution is -0.117. The Morgan fingerprint density at radius 2 is 2.00 bits per heavy atom. The van der Waals surface area contributed by atoms with Gasteiger partial charge in [0, 0.05) is 6.42 Å². The molecule has 0 saturated carbocycles. The van der Waals surface area contributed by atoms with Crippen LogP contribution in [0.25, 0.3) is 0 Å². The summed E-state index contributed by atoms with van der Waals surface area (Å²) in [6.45, 7) is 4.74. The number of aliphatic hydroxyl groups is 1. The van der Waals surface area contributed by atoms with Gasteiger partial charge in [-0.3, -0.25) is 9.35 Å². The Bertz CT molecular complexity index is 334. The van der Waals surface area contributed by atoms with Crippen LogP contribution in [-0.4, -0.2) is 35.3 Å². The van der Waals surface area contributed by atoms with Crippen molar-refractivity contribution in [1.82, 2.24) is 0 Å². The van der Waals surface area contributed by atoms with Gasteiger partial charge in [0.15, 0.2) is 11.2 Å². The predicted octanol–water partition coefficient (Wildman–Crippen LogP) is -0.945. The van der Waals surface area contributed by atoms with Crippen LogP contribution in [0.3, 0.4) is 0 Å². The minimum Gasteiger partial charge on any atom is -0.390 e. The molecule has 0 aromatic heterocycles. The van der Waals surface area contributed by atoms with Crippen molar-refractivity contribution in [3.8, 4) is 0 Å². The number of rotatable bonds is 5. The number of nitrogens with two attached hydrogens (primary N) is 1. The predicted molar refractivity (Wildman–Crippen MR) is 50.0 cm³/mol. The van der Waals surface area contributed by atoms with Crippen molar-refractivity contribution >= 4 is 15.9 Å². The van der Waals surface area contributed by atoms with Crippen LogP contribution in [0.15, 0.2) is 12.2 Å². The second-order valence-corrected chi connectivity index (χ2v) is 4.53. The second-order valence-electron chi connectivity index (χ2n) is 2.95. The van der Waals surface area contributed by atoms with E-state index in [1.54, 1.807) is 0 Å². The van der Waals surface area contributed by atoms with Crippen molar-refractivity contribution in [1.29, 1.82) is 0 Å². The molecule has 14 heavy (non-hydrogen) atoms. The van der Waals surface area contributed by atoms with Gasteiger partial charge in [0.1, 0.15) is 0 Å². The first-order valence-corrected chi connectivity index (χ1v) is 5.25. The third kappa shape index (κ3) is 3.97. The van der Waals surface area contributed by atoms with E-state index in [4.69, 9.17) is 15.4 Å².